The van der Waals surface area contributed by atoms with Crippen molar-refractivity contribution in [1.82, 2.24) is 9.80 Å². The Labute approximate surface area is 159 Å². The van der Waals surface area contributed by atoms with Gasteiger partial charge in [0.25, 0.3) is 11.8 Å². The first kappa shape index (κ1) is 18.8. The molecule has 3 rings (SSSR count). The summed E-state index contributed by atoms with van der Waals surface area (Å²) in [5.41, 5.74) is 1.25. The van der Waals surface area contributed by atoms with Crippen LogP contribution in [0, 0.1) is 0 Å². The summed E-state index contributed by atoms with van der Waals surface area (Å²) < 4.78 is 10.3. The van der Waals surface area contributed by atoms with Gasteiger partial charge < -0.3 is 19.3 Å². The molecule has 0 N–H and O–H groups in total. The summed E-state index contributed by atoms with van der Waals surface area (Å²) in [5, 5.41) is 0. The Kier molecular flexibility index (Phi) is 5.64. The SMILES string of the molecule is COc1ccc(C(=O)N2CCN(C(=O)c3ccc(OC)cc3)[C@@H](C)C2)cc1. The van der Waals surface area contributed by atoms with Gasteiger partial charge in [0.05, 0.1) is 14.2 Å². The molecule has 0 spiro atoms. The number of carbonyl (C=O) groups excluding carboxylic acids is 2. The third-order valence-corrected chi connectivity index (χ3v) is 4.85. The number of benzene rings is 2. The molecule has 0 bridgehead atoms. The Hall–Kier alpha value is -3.02. The molecule has 1 atom stereocenters. The predicted octanol–water partition coefficient (Wildman–Crippen LogP) is 2.69. The van der Waals surface area contributed by atoms with E-state index in [4.69, 9.17) is 9.47 Å². The minimum absolute atomic E-state index is 0.0262. The maximum absolute atomic E-state index is 12.8. The molecule has 1 aliphatic heterocycles. The van der Waals surface area contributed by atoms with Crippen LogP contribution in [0.2, 0.25) is 0 Å². The van der Waals surface area contributed by atoms with Crippen LogP contribution in [0.1, 0.15) is 27.6 Å². The summed E-state index contributed by atoms with van der Waals surface area (Å²) in [6, 6.07) is 14.1. The van der Waals surface area contributed by atoms with E-state index in [9.17, 15) is 9.59 Å². The van der Waals surface area contributed by atoms with E-state index in [1.165, 1.54) is 0 Å². The lowest BCUT2D eigenvalue weighted by Gasteiger charge is -2.40. The number of amides is 2. The molecule has 0 saturated carbocycles. The highest BCUT2D eigenvalue weighted by Gasteiger charge is 2.30. The van der Waals surface area contributed by atoms with Gasteiger partial charge in [0.1, 0.15) is 11.5 Å². The van der Waals surface area contributed by atoms with Crippen LogP contribution in [0.4, 0.5) is 0 Å². The summed E-state index contributed by atoms with van der Waals surface area (Å²) in [6.45, 7) is 3.49. The third-order valence-electron chi connectivity index (χ3n) is 4.85. The van der Waals surface area contributed by atoms with Crippen molar-refractivity contribution >= 4 is 11.8 Å². The van der Waals surface area contributed by atoms with Gasteiger partial charge in [-0.05, 0) is 55.5 Å². The molecule has 1 saturated heterocycles. The van der Waals surface area contributed by atoms with E-state index < -0.39 is 0 Å². The van der Waals surface area contributed by atoms with Crippen molar-refractivity contribution in [3.05, 3.63) is 59.7 Å². The van der Waals surface area contributed by atoms with E-state index in [2.05, 4.69) is 0 Å². The highest BCUT2D eigenvalue weighted by atomic mass is 16.5. The number of ether oxygens (including phenoxy) is 2. The van der Waals surface area contributed by atoms with E-state index in [1.54, 1.807) is 67.7 Å². The monoisotopic (exact) mass is 368 g/mol. The number of methoxy groups -OCH3 is 2. The number of carbonyl (C=O) groups is 2. The maximum atomic E-state index is 12.8. The van der Waals surface area contributed by atoms with Crippen LogP contribution >= 0.6 is 0 Å². The molecular formula is C21H24N2O4. The second-order valence-electron chi connectivity index (χ2n) is 6.56. The minimum atomic E-state index is -0.0597. The van der Waals surface area contributed by atoms with Gasteiger partial charge in [-0.1, -0.05) is 0 Å². The largest absolute Gasteiger partial charge is 0.497 e. The van der Waals surface area contributed by atoms with Gasteiger partial charge in [-0.3, -0.25) is 9.59 Å². The van der Waals surface area contributed by atoms with Gasteiger partial charge in [0.15, 0.2) is 0 Å². The van der Waals surface area contributed by atoms with Crippen LogP contribution in [0.3, 0.4) is 0 Å². The summed E-state index contributed by atoms with van der Waals surface area (Å²) in [5.74, 6) is 1.38. The van der Waals surface area contributed by atoms with Crippen molar-refractivity contribution in [3.63, 3.8) is 0 Å². The molecule has 6 heteroatoms. The Bertz CT molecular complexity index is 802. The van der Waals surface area contributed by atoms with Crippen LogP contribution in [0.5, 0.6) is 11.5 Å². The van der Waals surface area contributed by atoms with E-state index in [-0.39, 0.29) is 17.9 Å². The molecule has 6 nitrogen and oxygen atoms in total. The van der Waals surface area contributed by atoms with Gasteiger partial charge in [0, 0.05) is 36.8 Å². The second kappa shape index (κ2) is 8.12. The molecule has 0 radical (unpaired) electrons. The van der Waals surface area contributed by atoms with E-state index in [0.29, 0.717) is 30.8 Å². The molecule has 0 aromatic heterocycles. The number of hydrogen-bond donors (Lipinski definition) is 0. The summed E-state index contributed by atoms with van der Waals surface area (Å²) in [4.78, 5) is 29.1. The topological polar surface area (TPSA) is 59.1 Å². The van der Waals surface area contributed by atoms with Crippen LogP contribution in [0.25, 0.3) is 0 Å². The Morgan fingerprint density at radius 3 is 1.74 bits per heavy atom. The van der Waals surface area contributed by atoms with Crippen molar-refractivity contribution in [2.75, 3.05) is 33.9 Å². The first-order valence-corrected chi connectivity index (χ1v) is 8.92. The Morgan fingerprint density at radius 2 is 1.30 bits per heavy atom. The van der Waals surface area contributed by atoms with Crippen molar-refractivity contribution in [3.8, 4) is 11.5 Å². The zero-order chi connectivity index (χ0) is 19.4. The van der Waals surface area contributed by atoms with Crippen LogP contribution in [-0.4, -0.2) is 61.5 Å². The number of rotatable bonds is 4. The molecule has 0 unspecified atom stereocenters. The molecule has 142 valence electrons. The molecule has 27 heavy (non-hydrogen) atoms. The number of hydrogen-bond acceptors (Lipinski definition) is 4. The Morgan fingerprint density at radius 1 is 0.815 bits per heavy atom. The fourth-order valence-electron chi connectivity index (χ4n) is 3.26. The fraction of sp³-hybridized carbons (Fsp3) is 0.333. The van der Waals surface area contributed by atoms with Gasteiger partial charge in [0.2, 0.25) is 0 Å². The lowest BCUT2D eigenvalue weighted by molar-refractivity contribution is 0.0414. The molecule has 1 aliphatic rings. The Balaban J connectivity index is 1.65. The van der Waals surface area contributed by atoms with E-state index in [0.717, 1.165) is 11.5 Å². The second-order valence-corrected chi connectivity index (χ2v) is 6.56. The van der Waals surface area contributed by atoms with Gasteiger partial charge in [-0.15, -0.1) is 0 Å². The maximum Gasteiger partial charge on any atom is 0.254 e. The van der Waals surface area contributed by atoms with Gasteiger partial charge in [-0.25, -0.2) is 0 Å². The standard InChI is InChI=1S/C21H24N2O4/c1-15-14-22(20(24)16-4-8-18(26-2)9-5-16)12-13-23(15)21(25)17-6-10-19(27-3)11-7-17/h4-11,15H,12-14H2,1-3H3/t15-/m0/s1. The number of piperazine rings is 1. The molecule has 2 aromatic rings. The van der Waals surface area contributed by atoms with Crippen LogP contribution in [-0.2, 0) is 0 Å². The van der Waals surface area contributed by atoms with Crippen LogP contribution in [0.15, 0.2) is 48.5 Å². The van der Waals surface area contributed by atoms with Crippen molar-refractivity contribution in [2.45, 2.75) is 13.0 Å². The predicted molar refractivity (Wildman–Crippen MR) is 102 cm³/mol. The average molecular weight is 368 g/mol. The summed E-state index contributed by atoms with van der Waals surface area (Å²) in [6.07, 6.45) is 0. The highest BCUT2D eigenvalue weighted by molar-refractivity contribution is 5.96. The normalized spacial score (nSPS) is 16.8. The smallest absolute Gasteiger partial charge is 0.254 e. The molecule has 0 aliphatic carbocycles. The quantitative estimate of drug-likeness (QED) is 0.833. The average Bonchev–Trinajstić information content (AvgIpc) is 2.72. The molecular weight excluding hydrogens is 344 g/mol. The lowest BCUT2D eigenvalue weighted by atomic mass is 10.1. The van der Waals surface area contributed by atoms with Crippen molar-refractivity contribution in [1.29, 1.82) is 0 Å². The van der Waals surface area contributed by atoms with E-state index in [1.807, 2.05) is 11.8 Å². The van der Waals surface area contributed by atoms with Gasteiger partial charge >= 0.3 is 0 Å². The third kappa shape index (κ3) is 4.05. The van der Waals surface area contributed by atoms with Gasteiger partial charge in [-0.2, -0.15) is 0 Å². The van der Waals surface area contributed by atoms with E-state index >= 15 is 0 Å². The number of nitrogens with zero attached hydrogens (tertiary/aromatic N) is 2. The fourth-order valence-corrected chi connectivity index (χ4v) is 3.26. The lowest BCUT2D eigenvalue weighted by Crippen LogP contribution is -2.55. The van der Waals surface area contributed by atoms with Crippen molar-refractivity contribution < 1.29 is 19.1 Å². The summed E-state index contributed by atoms with van der Waals surface area (Å²) in [7, 11) is 3.19. The molecule has 1 fully saturated rings. The first-order valence-electron chi connectivity index (χ1n) is 8.92. The first-order chi connectivity index (χ1) is 13.0. The summed E-state index contributed by atoms with van der Waals surface area (Å²) >= 11 is 0. The molecule has 2 amide bonds. The zero-order valence-electron chi connectivity index (χ0n) is 15.8. The molecule has 2 aromatic carbocycles. The molecule has 1 heterocycles. The van der Waals surface area contributed by atoms with Crippen molar-refractivity contribution in [2.24, 2.45) is 0 Å². The van der Waals surface area contributed by atoms with Crippen LogP contribution < -0.4 is 9.47 Å². The zero-order valence-corrected chi connectivity index (χ0v) is 15.8. The highest BCUT2D eigenvalue weighted by Crippen LogP contribution is 2.19. The minimum Gasteiger partial charge on any atom is -0.497 e.